The second kappa shape index (κ2) is 9.41. The first-order valence-corrected chi connectivity index (χ1v) is 5.40. The van der Waals surface area contributed by atoms with Gasteiger partial charge in [0, 0.05) is 26.1 Å². The van der Waals surface area contributed by atoms with Crippen LogP contribution in [0.3, 0.4) is 0 Å². The van der Waals surface area contributed by atoms with Gasteiger partial charge in [-0.05, 0) is 19.3 Å². The fraction of sp³-hybridized carbons (Fsp3) is 0.800. The number of hydrogen-bond acceptors (Lipinski definition) is 3. The Bertz CT molecular complexity index is 242. The van der Waals surface area contributed by atoms with Crippen LogP contribution in [0, 0.1) is 0 Å². The molecule has 2 rings (SSSR count). The van der Waals surface area contributed by atoms with Crippen LogP contribution < -0.4 is 0 Å². The van der Waals surface area contributed by atoms with Crippen LogP contribution in [0.1, 0.15) is 32.1 Å². The van der Waals surface area contributed by atoms with E-state index in [0.29, 0.717) is 0 Å². The van der Waals surface area contributed by atoms with Crippen molar-refractivity contribution in [2.24, 2.45) is 4.99 Å². The van der Waals surface area contributed by atoms with Crippen molar-refractivity contribution in [3.8, 4) is 0 Å². The molecule has 88 valence electrons. The molecule has 0 aromatic rings. The van der Waals surface area contributed by atoms with Gasteiger partial charge in [0.2, 0.25) is 0 Å². The van der Waals surface area contributed by atoms with E-state index in [-0.39, 0.29) is 51.4 Å². The van der Waals surface area contributed by atoms with E-state index in [9.17, 15) is 0 Å². The Balaban J connectivity index is 0.000000397. The Hall–Kier alpha value is 0.376. The molecule has 0 aliphatic carbocycles. The van der Waals surface area contributed by atoms with E-state index in [0.717, 1.165) is 6.54 Å². The van der Waals surface area contributed by atoms with Crippen molar-refractivity contribution in [3.63, 3.8) is 0 Å². The summed E-state index contributed by atoms with van der Waals surface area (Å²) in [5.74, 6) is 1.40. The number of fused-ring (bicyclic) bond motifs is 1. The Morgan fingerprint density at radius 2 is 1.75 bits per heavy atom. The summed E-state index contributed by atoms with van der Waals surface area (Å²) in [5, 5.41) is 13.9. The second-order valence-corrected chi connectivity index (χ2v) is 3.73. The van der Waals surface area contributed by atoms with Crippen LogP contribution in [-0.2, 0) is 0 Å². The molecule has 16 heavy (non-hydrogen) atoms. The SMILES string of the molecule is C1CCC2=NCCCN2CC1.O=C(O)O.[KH]. The summed E-state index contributed by atoms with van der Waals surface area (Å²) in [6.07, 6.45) is 4.80. The average Bonchev–Trinajstić information content (AvgIpc) is 2.41. The molecule has 1 saturated heterocycles. The summed E-state index contributed by atoms with van der Waals surface area (Å²) in [4.78, 5) is 15.6. The van der Waals surface area contributed by atoms with E-state index >= 15 is 0 Å². The van der Waals surface area contributed by atoms with Gasteiger partial charge in [0.05, 0.1) is 5.84 Å². The summed E-state index contributed by atoms with van der Waals surface area (Å²) < 4.78 is 0. The van der Waals surface area contributed by atoms with Gasteiger partial charge in [-0.25, -0.2) is 4.79 Å². The maximum atomic E-state index is 8.56. The fourth-order valence-corrected chi connectivity index (χ4v) is 1.94. The van der Waals surface area contributed by atoms with Crippen molar-refractivity contribution in [2.75, 3.05) is 19.6 Å². The van der Waals surface area contributed by atoms with Crippen LogP contribution in [-0.4, -0.2) is 98.1 Å². The Morgan fingerprint density at radius 1 is 1.12 bits per heavy atom. The van der Waals surface area contributed by atoms with Crippen molar-refractivity contribution < 1.29 is 15.0 Å². The molecule has 0 unspecified atom stereocenters. The van der Waals surface area contributed by atoms with Gasteiger partial charge in [-0.1, -0.05) is 6.42 Å². The summed E-state index contributed by atoms with van der Waals surface area (Å²) in [7, 11) is 0. The monoisotopic (exact) mass is 254 g/mol. The normalized spacial score (nSPS) is 19.0. The molecule has 2 heterocycles. The first-order valence-electron chi connectivity index (χ1n) is 5.40. The van der Waals surface area contributed by atoms with Crippen molar-refractivity contribution in [2.45, 2.75) is 32.1 Å². The molecule has 0 bridgehead atoms. The number of amidine groups is 1. The molecule has 0 aromatic carbocycles. The molecule has 2 aliphatic rings. The quantitative estimate of drug-likeness (QED) is 0.638. The molecule has 0 radical (unpaired) electrons. The molecular formula is C10H19KN2O3. The summed E-state index contributed by atoms with van der Waals surface area (Å²) >= 11 is 0. The molecule has 0 spiro atoms. The van der Waals surface area contributed by atoms with Crippen molar-refractivity contribution >= 4 is 63.4 Å². The van der Waals surface area contributed by atoms with Gasteiger partial charge < -0.3 is 15.1 Å². The zero-order chi connectivity index (χ0) is 11.1. The standard InChI is InChI=1S/C9H16N2.CH2O3.K.H/c1-2-5-9-10-6-4-8-11(9)7-3-1;2-1(3)4;;/h1-8H2;(H2,2,3,4);;. The third-order valence-electron chi connectivity index (χ3n) is 2.57. The van der Waals surface area contributed by atoms with Gasteiger partial charge in [-0.15, -0.1) is 0 Å². The van der Waals surface area contributed by atoms with Crippen LogP contribution in [0.4, 0.5) is 4.79 Å². The number of hydrogen-bond donors (Lipinski definition) is 2. The van der Waals surface area contributed by atoms with Gasteiger partial charge in [-0.2, -0.15) is 0 Å². The molecule has 2 aliphatic heterocycles. The molecule has 0 amide bonds. The third kappa shape index (κ3) is 6.85. The number of nitrogens with zero attached hydrogens (tertiary/aromatic N) is 2. The minimum atomic E-state index is -1.83. The van der Waals surface area contributed by atoms with Gasteiger partial charge >= 0.3 is 57.5 Å². The predicted molar refractivity (Wildman–Crippen MR) is 64.8 cm³/mol. The molecule has 0 saturated carbocycles. The summed E-state index contributed by atoms with van der Waals surface area (Å²) in [6.45, 7) is 3.60. The van der Waals surface area contributed by atoms with E-state index in [4.69, 9.17) is 15.0 Å². The topological polar surface area (TPSA) is 73.1 Å². The van der Waals surface area contributed by atoms with Crippen molar-refractivity contribution in [3.05, 3.63) is 0 Å². The van der Waals surface area contributed by atoms with Crippen LogP contribution in [0.15, 0.2) is 4.99 Å². The van der Waals surface area contributed by atoms with E-state index in [1.807, 2.05) is 0 Å². The van der Waals surface area contributed by atoms with Gasteiger partial charge in [-0.3, -0.25) is 4.99 Å². The second-order valence-electron chi connectivity index (χ2n) is 3.73. The van der Waals surface area contributed by atoms with E-state index in [1.54, 1.807) is 0 Å². The van der Waals surface area contributed by atoms with Gasteiger partial charge in [0.15, 0.2) is 0 Å². The van der Waals surface area contributed by atoms with Crippen LogP contribution in [0.5, 0.6) is 0 Å². The van der Waals surface area contributed by atoms with Gasteiger partial charge in [0.1, 0.15) is 0 Å². The molecule has 2 N–H and O–H groups in total. The van der Waals surface area contributed by atoms with Crippen molar-refractivity contribution in [1.82, 2.24) is 4.90 Å². The Kier molecular flexibility index (Phi) is 9.63. The van der Waals surface area contributed by atoms with Crippen LogP contribution in [0.2, 0.25) is 0 Å². The number of carbonyl (C=O) groups is 1. The molecule has 5 nitrogen and oxygen atoms in total. The Morgan fingerprint density at radius 3 is 2.44 bits per heavy atom. The number of rotatable bonds is 0. The first kappa shape index (κ1) is 16.4. The van der Waals surface area contributed by atoms with Crippen LogP contribution in [0.25, 0.3) is 0 Å². The van der Waals surface area contributed by atoms with Gasteiger partial charge in [0.25, 0.3) is 0 Å². The molecule has 6 heteroatoms. The summed E-state index contributed by atoms with van der Waals surface area (Å²) in [5.41, 5.74) is 0. The molecular weight excluding hydrogens is 235 g/mol. The van der Waals surface area contributed by atoms with Crippen molar-refractivity contribution in [1.29, 1.82) is 0 Å². The molecule has 0 atom stereocenters. The van der Waals surface area contributed by atoms with E-state index < -0.39 is 6.16 Å². The fourth-order valence-electron chi connectivity index (χ4n) is 1.94. The number of carboxylic acid groups (broad SMARTS) is 2. The van der Waals surface area contributed by atoms with E-state index in [1.165, 1.54) is 51.0 Å². The zero-order valence-corrected chi connectivity index (χ0v) is 8.85. The van der Waals surface area contributed by atoms with E-state index in [2.05, 4.69) is 9.89 Å². The third-order valence-corrected chi connectivity index (χ3v) is 2.57. The minimum absolute atomic E-state index is 0. The van der Waals surface area contributed by atoms with Crippen LogP contribution >= 0.6 is 0 Å². The maximum absolute atomic E-state index is 8.56. The molecule has 0 aromatic heterocycles. The number of aliphatic imine (C=N–C) groups is 1. The first-order chi connectivity index (χ1) is 7.20. The molecule has 1 fully saturated rings. The predicted octanol–water partition coefficient (Wildman–Crippen LogP) is 1.24. The zero-order valence-electron chi connectivity index (χ0n) is 8.85. The summed E-state index contributed by atoms with van der Waals surface area (Å²) in [6, 6.07) is 0. The average molecular weight is 254 g/mol. The Labute approximate surface area is 138 Å².